The molecule has 1 radical (unpaired) electrons. The van der Waals surface area contributed by atoms with E-state index in [1.807, 2.05) is 18.3 Å². The molecule has 1 aromatic carbocycles. The fourth-order valence-electron chi connectivity index (χ4n) is 2.93. The second-order valence-electron chi connectivity index (χ2n) is 5.62. The van der Waals surface area contributed by atoms with Crippen molar-refractivity contribution in [2.75, 3.05) is 4.90 Å². The summed E-state index contributed by atoms with van der Waals surface area (Å²) >= 11 is 6.08. The Hall–Kier alpha value is -1.28. The molecule has 20 heavy (non-hydrogen) atoms. The summed E-state index contributed by atoms with van der Waals surface area (Å²) in [7, 11) is 0. The van der Waals surface area contributed by atoms with Gasteiger partial charge in [0.25, 0.3) is 0 Å². The van der Waals surface area contributed by atoms with Gasteiger partial charge in [-0.05, 0) is 56.9 Å². The molecule has 1 heterocycles. The molecule has 1 aromatic heterocycles. The van der Waals surface area contributed by atoms with E-state index in [2.05, 4.69) is 42.3 Å². The van der Waals surface area contributed by atoms with Crippen LogP contribution in [-0.4, -0.2) is 17.1 Å². The number of fused-ring (bicyclic) bond motifs is 1. The van der Waals surface area contributed by atoms with Crippen LogP contribution in [0, 0.1) is 6.42 Å². The Morgan fingerprint density at radius 2 is 2.20 bits per heavy atom. The molecule has 0 saturated heterocycles. The highest BCUT2D eigenvalue weighted by atomic mass is 35.5. The van der Waals surface area contributed by atoms with Crippen LogP contribution in [0.15, 0.2) is 30.5 Å². The van der Waals surface area contributed by atoms with Gasteiger partial charge >= 0.3 is 0 Å². The normalized spacial score (nSPS) is 16.4. The highest BCUT2D eigenvalue weighted by molar-refractivity contribution is 6.31. The molecule has 0 unspecified atom stereocenters. The monoisotopic (exact) mass is 287 g/mol. The Bertz CT molecular complexity index is 607. The smallest absolute Gasteiger partial charge is 0.0737 e. The van der Waals surface area contributed by atoms with Gasteiger partial charge in [-0.3, -0.25) is 4.98 Å². The molecule has 3 rings (SSSR count). The van der Waals surface area contributed by atoms with Crippen molar-refractivity contribution in [2.45, 2.75) is 45.2 Å². The fourth-order valence-corrected chi connectivity index (χ4v) is 3.10. The molecule has 1 aliphatic rings. The van der Waals surface area contributed by atoms with E-state index in [9.17, 15) is 0 Å². The zero-order chi connectivity index (χ0) is 14.1. The number of rotatable bonds is 5. The molecule has 3 heteroatoms. The molecule has 105 valence electrons. The summed E-state index contributed by atoms with van der Waals surface area (Å²) < 4.78 is 0. The Morgan fingerprint density at radius 1 is 1.40 bits per heavy atom. The van der Waals surface area contributed by atoms with Crippen LogP contribution in [-0.2, 0) is 0 Å². The van der Waals surface area contributed by atoms with Crippen LogP contribution in [0.1, 0.15) is 33.1 Å². The molecule has 0 N–H and O–H groups in total. The quantitative estimate of drug-likeness (QED) is 0.781. The minimum Gasteiger partial charge on any atom is -0.365 e. The molecular weight excluding hydrogens is 268 g/mol. The molecule has 1 fully saturated rings. The van der Waals surface area contributed by atoms with Crippen LogP contribution in [0.4, 0.5) is 5.69 Å². The molecule has 1 saturated carbocycles. The summed E-state index contributed by atoms with van der Waals surface area (Å²) in [6.07, 6.45) is 7.84. The van der Waals surface area contributed by atoms with Gasteiger partial charge in [0.15, 0.2) is 0 Å². The van der Waals surface area contributed by atoms with Crippen molar-refractivity contribution < 1.29 is 0 Å². The van der Waals surface area contributed by atoms with E-state index in [4.69, 9.17) is 11.6 Å². The summed E-state index contributed by atoms with van der Waals surface area (Å²) in [4.78, 5) is 7.02. The van der Waals surface area contributed by atoms with Crippen LogP contribution in [0.5, 0.6) is 0 Å². The number of anilines is 1. The zero-order valence-electron chi connectivity index (χ0n) is 12.0. The van der Waals surface area contributed by atoms with E-state index >= 15 is 0 Å². The number of pyridine rings is 1. The van der Waals surface area contributed by atoms with Gasteiger partial charge in [-0.15, -0.1) is 0 Å². The Morgan fingerprint density at radius 3 is 2.90 bits per heavy atom. The molecule has 0 bridgehead atoms. The van der Waals surface area contributed by atoms with Gasteiger partial charge in [-0.2, -0.15) is 0 Å². The first kappa shape index (κ1) is 13.7. The van der Waals surface area contributed by atoms with Crippen molar-refractivity contribution in [3.8, 4) is 0 Å². The second-order valence-corrected chi connectivity index (χ2v) is 6.06. The maximum Gasteiger partial charge on any atom is 0.0737 e. The van der Waals surface area contributed by atoms with Crippen molar-refractivity contribution in [1.29, 1.82) is 0 Å². The van der Waals surface area contributed by atoms with Crippen LogP contribution in [0.25, 0.3) is 10.9 Å². The average Bonchev–Trinajstić information content (AvgIpc) is 3.24. The molecule has 0 spiro atoms. The zero-order valence-corrected chi connectivity index (χ0v) is 12.8. The fraction of sp³-hybridized carbons (Fsp3) is 0.412. The third kappa shape index (κ3) is 2.62. The number of nitrogens with zero attached hydrogens (tertiary/aromatic N) is 2. The number of hydrogen-bond donors (Lipinski definition) is 0. The lowest BCUT2D eigenvalue weighted by molar-refractivity contribution is 0.622. The standard InChI is InChI=1S/C17H20ClN2/c1-3-4-12(2)20(14-6-7-14)17-9-10-19-16-11-13(18)5-8-15(16)17/h3,5,8-12,14H,4,6-7H2,1-2H3/t12-/m0/s1. The number of benzene rings is 1. The van der Waals surface area contributed by atoms with E-state index in [1.54, 1.807) is 0 Å². The largest absolute Gasteiger partial charge is 0.365 e. The van der Waals surface area contributed by atoms with Gasteiger partial charge < -0.3 is 4.90 Å². The topological polar surface area (TPSA) is 16.1 Å². The highest BCUT2D eigenvalue weighted by Crippen LogP contribution is 2.38. The third-order valence-corrected chi connectivity index (χ3v) is 4.19. The summed E-state index contributed by atoms with van der Waals surface area (Å²) in [5.74, 6) is 0. The van der Waals surface area contributed by atoms with Gasteiger partial charge in [0.1, 0.15) is 0 Å². The molecule has 0 aliphatic heterocycles. The van der Waals surface area contributed by atoms with Gasteiger partial charge in [0.05, 0.1) is 5.52 Å². The molecule has 1 atom stereocenters. The van der Waals surface area contributed by atoms with Crippen LogP contribution in [0.2, 0.25) is 5.02 Å². The summed E-state index contributed by atoms with van der Waals surface area (Å²) in [5, 5.41) is 1.95. The first-order valence-electron chi connectivity index (χ1n) is 7.31. The van der Waals surface area contributed by atoms with Crippen LogP contribution < -0.4 is 4.90 Å². The predicted molar refractivity (Wildman–Crippen MR) is 86.3 cm³/mol. The lowest BCUT2D eigenvalue weighted by Gasteiger charge is -2.32. The van der Waals surface area contributed by atoms with Crippen molar-refractivity contribution in [1.82, 2.24) is 4.98 Å². The van der Waals surface area contributed by atoms with E-state index in [1.165, 1.54) is 23.9 Å². The highest BCUT2D eigenvalue weighted by Gasteiger charge is 2.32. The minimum absolute atomic E-state index is 0.522. The maximum atomic E-state index is 6.08. The summed E-state index contributed by atoms with van der Waals surface area (Å²) in [6.45, 7) is 4.44. The Kier molecular flexibility index (Phi) is 3.84. The summed E-state index contributed by atoms with van der Waals surface area (Å²) in [6, 6.07) is 9.34. The lowest BCUT2D eigenvalue weighted by atomic mass is 10.1. The molecule has 2 aromatic rings. The van der Waals surface area contributed by atoms with Crippen molar-refractivity contribution >= 4 is 28.2 Å². The van der Waals surface area contributed by atoms with Gasteiger partial charge in [0.2, 0.25) is 0 Å². The van der Waals surface area contributed by atoms with Crippen molar-refractivity contribution in [3.05, 3.63) is 41.9 Å². The first-order chi connectivity index (χ1) is 9.70. The van der Waals surface area contributed by atoms with Crippen LogP contribution >= 0.6 is 11.6 Å². The SMILES string of the molecule is C[CH]C[C@H](C)N(c1ccnc2cc(Cl)ccc12)C1CC1. The third-order valence-electron chi connectivity index (χ3n) is 3.95. The first-order valence-corrected chi connectivity index (χ1v) is 7.69. The van der Waals surface area contributed by atoms with Crippen molar-refractivity contribution in [2.24, 2.45) is 0 Å². The van der Waals surface area contributed by atoms with E-state index < -0.39 is 0 Å². The van der Waals surface area contributed by atoms with E-state index in [0.29, 0.717) is 12.1 Å². The Labute approximate surface area is 125 Å². The maximum absolute atomic E-state index is 6.08. The van der Waals surface area contributed by atoms with Gasteiger partial charge in [-0.1, -0.05) is 18.5 Å². The molecular formula is C17H20ClN2. The summed E-state index contributed by atoms with van der Waals surface area (Å²) in [5.41, 5.74) is 2.27. The number of hydrogen-bond acceptors (Lipinski definition) is 2. The second kappa shape index (κ2) is 5.61. The molecule has 0 amide bonds. The van der Waals surface area contributed by atoms with Gasteiger partial charge in [-0.25, -0.2) is 0 Å². The van der Waals surface area contributed by atoms with E-state index in [-0.39, 0.29) is 0 Å². The Balaban J connectivity index is 2.06. The van der Waals surface area contributed by atoms with Crippen molar-refractivity contribution in [3.63, 3.8) is 0 Å². The average molecular weight is 288 g/mol. The number of aromatic nitrogens is 1. The predicted octanol–water partition coefficient (Wildman–Crippen LogP) is 4.86. The number of halogens is 1. The molecule has 1 aliphatic carbocycles. The molecule has 2 nitrogen and oxygen atoms in total. The van der Waals surface area contributed by atoms with E-state index in [0.717, 1.165) is 17.0 Å². The van der Waals surface area contributed by atoms with Crippen LogP contribution in [0.3, 0.4) is 0 Å². The minimum atomic E-state index is 0.522. The lowest BCUT2D eigenvalue weighted by Crippen LogP contribution is -2.35. The van der Waals surface area contributed by atoms with Gasteiger partial charge in [0, 0.05) is 34.4 Å².